The Kier molecular flexibility index (Phi) is 4.70. The standard InChI is InChI=1S/C10H22N2O/c1-9-4-7-12(8-10(9)13)6-3-2-5-11/h9-10,13H,2-8,11H2,1H3. The maximum atomic E-state index is 9.64. The minimum atomic E-state index is -0.119. The van der Waals surface area contributed by atoms with Crippen molar-refractivity contribution in [3.05, 3.63) is 0 Å². The van der Waals surface area contributed by atoms with Crippen LogP contribution in [-0.4, -0.2) is 42.3 Å². The first-order valence-electron chi connectivity index (χ1n) is 5.34. The first-order valence-corrected chi connectivity index (χ1v) is 5.34. The lowest BCUT2D eigenvalue weighted by molar-refractivity contribution is 0.0287. The topological polar surface area (TPSA) is 49.5 Å². The van der Waals surface area contributed by atoms with Crippen molar-refractivity contribution < 1.29 is 5.11 Å². The van der Waals surface area contributed by atoms with Crippen LogP contribution in [0.1, 0.15) is 26.2 Å². The summed E-state index contributed by atoms with van der Waals surface area (Å²) in [5.41, 5.74) is 5.43. The molecule has 3 heteroatoms. The van der Waals surface area contributed by atoms with E-state index in [4.69, 9.17) is 5.73 Å². The highest BCUT2D eigenvalue weighted by Gasteiger charge is 2.23. The smallest absolute Gasteiger partial charge is 0.0693 e. The highest BCUT2D eigenvalue weighted by atomic mass is 16.3. The molecule has 0 radical (unpaired) electrons. The van der Waals surface area contributed by atoms with Crippen molar-refractivity contribution in [3.8, 4) is 0 Å². The molecule has 0 bridgehead atoms. The molecule has 1 heterocycles. The molecule has 0 spiro atoms. The van der Waals surface area contributed by atoms with E-state index in [1.165, 1.54) is 0 Å². The zero-order valence-corrected chi connectivity index (χ0v) is 8.58. The molecule has 3 N–H and O–H groups in total. The van der Waals surface area contributed by atoms with Crippen LogP contribution in [0.4, 0.5) is 0 Å². The Labute approximate surface area is 80.9 Å². The number of likely N-dealkylation sites (tertiary alicyclic amines) is 1. The van der Waals surface area contributed by atoms with E-state index in [1.54, 1.807) is 0 Å². The number of β-amino-alcohol motifs (C(OH)–C–C–N with tert-alkyl or cyclic N) is 1. The molecule has 78 valence electrons. The number of nitrogens with zero attached hydrogens (tertiary/aromatic N) is 1. The fourth-order valence-electron chi connectivity index (χ4n) is 1.80. The number of hydrogen-bond donors (Lipinski definition) is 2. The van der Waals surface area contributed by atoms with Gasteiger partial charge in [-0.15, -0.1) is 0 Å². The van der Waals surface area contributed by atoms with E-state index >= 15 is 0 Å². The Hall–Kier alpha value is -0.120. The fourth-order valence-corrected chi connectivity index (χ4v) is 1.80. The highest BCUT2D eigenvalue weighted by Crippen LogP contribution is 2.16. The molecule has 3 nitrogen and oxygen atoms in total. The Morgan fingerprint density at radius 1 is 1.46 bits per heavy atom. The van der Waals surface area contributed by atoms with Crippen LogP contribution in [-0.2, 0) is 0 Å². The van der Waals surface area contributed by atoms with Crippen molar-refractivity contribution in [2.75, 3.05) is 26.2 Å². The average Bonchev–Trinajstić information content (AvgIpc) is 2.12. The summed E-state index contributed by atoms with van der Waals surface area (Å²) in [6, 6.07) is 0. The number of aliphatic hydroxyl groups is 1. The molecule has 1 saturated heterocycles. The summed E-state index contributed by atoms with van der Waals surface area (Å²) in [5, 5.41) is 9.64. The van der Waals surface area contributed by atoms with Crippen molar-refractivity contribution in [2.24, 2.45) is 11.7 Å². The molecule has 1 aliphatic rings. The Morgan fingerprint density at radius 2 is 2.23 bits per heavy atom. The number of rotatable bonds is 4. The molecule has 1 fully saturated rings. The third-order valence-electron chi connectivity index (χ3n) is 2.93. The number of hydrogen-bond acceptors (Lipinski definition) is 3. The summed E-state index contributed by atoms with van der Waals surface area (Å²) < 4.78 is 0. The van der Waals surface area contributed by atoms with Gasteiger partial charge in [-0.2, -0.15) is 0 Å². The van der Waals surface area contributed by atoms with Crippen molar-refractivity contribution in [3.63, 3.8) is 0 Å². The first-order chi connectivity index (χ1) is 6.24. The van der Waals surface area contributed by atoms with E-state index in [1.807, 2.05) is 0 Å². The van der Waals surface area contributed by atoms with E-state index in [2.05, 4.69) is 11.8 Å². The lowest BCUT2D eigenvalue weighted by Gasteiger charge is -2.34. The van der Waals surface area contributed by atoms with Gasteiger partial charge in [-0.1, -0.05) is 6.92 Å². The Morgan fingerprint density at radius 3 is 2.85 bits per heavy atom. The van der Waals surface area contributed by atoms with Gasteiger partial charge in [-0.05, 0) is 44.8 Å². The third kappa shape index (κ3) is 3.63. The summed E-state index contributed by atoms with van der Waals surface area (Å²) in [4.78, 5) is 2.35. The number of unbranched alkanes of at least 4 members (excludes halogenated alkanes) is 1. The van der Waals surface area contributed by atoms with E-state index in [9.17, 15) is 5.11 Å². The largest absolute Gasteiger partial charge is 0.392 e. The second-order valence-corrected chi connectivity index (χ2v) is 4.13. The van der Waals surface area contributed by atoms with Gasteiger partial charge in [0.25, 0.3) is 0 Å². The summed E-state index contributed by atoms with van der Waals surface area (Å²) >= 11 is 0. The predicted octanol–water partition coefficient (Wildman–Crippen LogP) is 0.428. The average molecular weight is 186 g/mol. The van der Waals surface area contributed by atoms with E-state index in [-0.39, 0.29) is 6.10 Å². The molecule has 2 atom stereocenters. The van der Waals surface area contributed by atoms with Gasteiger partial charge in [-0.25, -0.2) is 0 Å². The zero-order chi connectivity index (χ0) is 9.68. The summed E-state index contributed by atoms with van der Waals surface area (Å²) in [5.74, 6) is 0.478. The lowest BCUT2D eigenvalue weighted by atomic mass is 9.96. The third-order valence-corrected chi connectivity index (χ3v) is 2.93. The van der Waals surface area contributed by atoms with Crippen LogP contribution in [0.3, 0.4) is 0 Å². The molecule has 0 aliphatic carbocycles. The Bertz CT molecular complexity index is 141. The van der Waals surface area contributed by atoms with Gasteiger partial charge in [0.05, 0.1) is 6.10 Å². The van der Waals surface area contributed by atoms with Gasteiger partial charge >= 0.3 is 0 Å². The summed E-state index contributed by atoms with van der Waals surface area (Å²) in [7, 11) is 0. The lowest BCUT2D eigenvalue weighted by Crippen LogP contribution is -2.43. The van der Waals surface area contributed by atoms with Crippen molar-refractivity contribution >= 4 is 0 Å². The van der Waals surface area contributed by atoms with Gasteiger partial charge in [-0.3, -0.25) is 0 Å². The SMILES string of the molecule is CC1CCN(CCCCN)CC1O. The normalized spacial score (nSPS) is 30.7. The molecule has 2 unspecified atom stereocenters. The van der Waals surface area contributed by atoms with Crippen LogP contribution in [0.25, 0.3) is 0 Å². The molecular formula is C10H22N2O. The van der Waals surface area contributed by atoms with Crippen LogP contribution in [0.15, 0.2) is 0 Å². The van der Waals surface area contributed by atoms with Crippen molar-refractivity contribution in [1.29, 1.82) is 0 Å². The maximum absolute atomic E-state index is 9.64. The first kappa shape index (κ1) is 11.0. The fraction of sp³-hybridized carbons (Fsp3) is 1.00. The minimum Gasteiger partial charge on any atom is -0.392 e. The zero-order valence-electron chi connectivity index (χ0n) is 8.58. The number of aliphatic hydroxyl groups excluding tert-OH is 1. The predicted molar refractivity (Wildman–Crippen MR) is 54.5 cm³/mol. The van der Waals surface area contributed by atoms with E-state index in [0.717, 1.165) is 45.4 Å². The summed E-state index contributed by atoms with van der Waals surface area (Å²) in [6.45, 7) is 6.00. The molecule has 0 saturated carbocycles. The second-order valence-electron chi connectivity index (χ2n) is 4.13. The molecule has 0 aromatic heterocycles. The van der Waals surface area contributed by atoms with Gasteiger partial charge in [0.2, 0.25) is 0 Å². The highest BCUT2D eigenvalue weighted by molar-refractivity contribution is 4.76. The molecule has 0 aromatic carbocycles. The van der Waals surface area contributed by atoms with Gasteiger partial charge in [0.1, 0.15) is 0 Å². The number of nitrogens with two attached hydrogens (primary N) is 1. The molecule has 13 heavy (non-hydrogen) atoms. The van der Waals surface area contributed by atoms with Crippen molar-refractivity contribution in [1.82, 2.24) is 4.90 Å². The monoisotopic (exact) mass is 186 g/mol. The Balaban J connectivity index is 2.14. The molecule has 1 aliphatic heterocycles. The number of piperidine rings is 1. The maximum Gasteiger partial charge on any atom is 0.0693 e. The van der Waals surface area contributed by atoms with Crippen molar-refractivity contribution in [2.45, 2.75) is 32.3 Å². The van der Waals surface area contributed by atoms with Gasteiger partial charge < -0.3 is 15.7 Å². The van der Waals surface area contributed by atoms with Gasteiger partial charge in [0, 0.05) is 6.54 Å². The van der Waals surface area contributed by atoms with Crippen LogP contribution in [0.5, 0.6) is 0 Å². The van der Waals surface area contributed by atoms with Crippen LogP contribution in [0.2, 0.25) is 0 Å². The van der Waals surface area contributed by atoms with Crippen LogP contribution < -0.4 is 5.73 Å². The molecule has 0 aromatic rings. The molecule has 0 amide bonds. The molecular weight excluding hydrogens is 164 g/mol. The van der Waals surface area contributed by atoms with Crippen LogP contribution >= 0.6 is 0 Å². The van der Waals surface area contributed by atoms with E-state index < -0.39 is 0 Å². The van der Waals surface area contributed by atoms with Gasteiger partial charge in [0.15, 0.2) is 0 Å². The molecule has 1 rings (SSSR count). The van der Waals surface area contributed by atoms with Crippen LogP contribution in [0, 0.1) is 5.92 Å². The van der Waals surface area contributed by atoms with E-state index in [0.29, 0.717) is 5.92 Å². The minimum absolute atomic E-state index is 0.119. The summed E-state index contributed by atoms with van der Waals surface area (Å²) in [6.07, 6.45) is 3.27. The second kappa shape index (κ2) is 5.58. The quantitative estimate of drug-likeness (QED) is 0.626.